The third kappa shape index (κ3) is 15.8. The van der Waals surface area contributed by atoms with E-state index in [1.807, 2.05) is 62.4 Å². The van der Waals surface area contributed by atoms with Gasteiger partial charge < -0.3 is 112 Å². The molecule has 19 atom stereocenters. The Labute approximate surface area is 676 Å². The maximum atomic E-state index is 15.8. The molecule has 1 spiro atoms. The number of likely N-dealkylation sites (N-methyl/N-ethyl adjacent to an activating group) is 1. The van der Waals surface area contributed by atoms with Crippen LogP contribution in [0.5, 0.6) is 5.75 Å². The lowest BCUT2D eigenvalue weighted by Gasteiger charge is -2.63. The molecule has 9 aliphatic rings. The molecule has 7 aliphatic heterocycles. The number of rotatable bonds is 29. The number of para-hydroxylation sites is 1. The van der Waals surface area contributed by atoms with Crippen molar-refractivity contribution in [1.29, 1.82) is 0 Å². The van der Waals surface area contributed by atoms with Crippen LogP contribution in [0.15, 0.2) is 48.6 Å². The Hall–Kier alpha value is -9.40. The number of hydrogen-bond donors (Lipinski definition) is 15. The number of carbonyl (C=O) groups is 12. The van der Waals surface area contributed by atoms with Crippen molar-refractivity contribution in [3.8, 4) is 5.75 Å². The predicted octanol–water partition coefficient (Wildman–Crippen LogP) is -3.33. The molecule has 6 fully saturated rings. The molecule has 36 nitrogen and oxygen atoms in total. The SMILES string of the molecule is CC[C@]1(O)C[C@@H]2CN(CCc3c([nH]c4ccccc34)[C@@](C(=O)OC)(c3cc4c(cc3OC)N(C)C3C45CCN4CC=C[C@](CC)(C45)[C@@H](OC(=O)[C@@H]4CCCN4C(=O)[C@H](CO)NC(=O)[C@H](CO)NC(=O)[C@H](CCC(N)=O)NC(=O)[C@@H](NC(=O)[C@H](CO)NC(=O)[C@H](CO)NC(=O)[C@@H]4C[C@@H](O)CN4C(C)=O)C4CCCCC4)[C@]3(O)C(=O)OC)C2)C1. The number of primary amides is 1. The van der Waals surface area contributed by atoms with Gasteiger partial charge in [-0.3, -0.25) is 57.7 Å². The van der Waals surface area contributed by atoms with Crippen LogP contribution in [-0.4, -0.2) is 316 Å². The number of methoxy groups -OCH3 is 3. The number of carbonyl (C=O) groups excluding carboxylic acids is 12. The van der Waals surface area contributed by atoms with Gasteiger partial charge in [0.1, 0.15) is 59.5 Å². The number of amides is 9. The summed E-state index contributed by atoms with van der Waals surface area (Å²) in [4.78, 5) is 182. The number of ether oxygens (including phenoxy) is 4. The van der Waals surface area contributed by atoms with Crippen LogP contribution in [0.25, 0.3) is 10.9 Å². The molecular formula is C81H113N13O23. The van der Waals surface area contributed by atoms with E-state index in [0.717, 1.165) is 39.8 Å². The average molecular weight is 1640 g/mol. The molecule has 640 valence electrons. The number of esters is 3. The number of aromatic nitrogens is 1. The normalized spacial score (nSPS) is 30.0. The molecule has 117 heavy (non-hydrogen) atoms. The Morgan fingerprint density at radius 1 is 0.684 bits per heavy atom. The number of nitrogens with zero attached hydrogens (tertiary/aromatic N) is 5. The molecule has 1 aromatic heterocycles. The Balaban J connectivity index is 0.784. The van der Waals surface area contributed by atoms with Crippen molar-refractivity contribution >= 4 is 87.7 Å². The van der Waals surface area contributed by atoms with Crippen LogP contribution < -0.4 is 47.3 Å². The van der Waals surface area contributed by atoms with Gasteiger partial charge in [-0.2, -0.15) is 0 Å². The first-order valence-corrected chi connectivity index (χ1v) is 40.7. The van der Waals surface area contributed by atoms with Gasteiger partial charge in [0.05, 0.1) is 65.5 Å². The number of anilines is 1. The number of aliphatic hydroxyl groups is 7. The summed E-state index contributed by atoms with van der Waals surface area (Å²) in [6, 6.07) is -3.51. The summed E-state index contributed by atoms with van der Waals surface area (Å²) in [6.45, 7) is 2.84. The molecule has 4 unspecified atom stereocenters. The quantitative estimate of drug-likeness (QED) is 0.0184. The largest absolute Gasteiger partial charge is 0.496 e. The van der Waals surface area contributed by atoms with E-state index in [-0.39, 0.29) is 51.1 Å². The number of benzene rings is 2. The molecule has 9 amide bonds. The second kappa shape index (κ2) is 35.3. The number of aliphatic hydroxyl groups excluding tert-OH is 5. The van der Waals surface area contributed by atoms with E-state index in [1.165, 1.54) is 21.1 Å². The average Bonchev–Trinajstić information content (AvgIpc) is 1.51. The lowest BCUT2D eigenvalue weighted by atomic mass is 9.47. The summed E-state index contributed by atoms with van der Waals surface area (Å²) in [5.74, 6) is -12.4. The van der Waals surface area contributed by atoms with Crippen molar-refractivity contribution in [1.82, 2.24) is 56.5 Å². The van der Waals surface area contributed by atoms with Gasteiger partial charge >= 0.3 is 17.9 Å². The smallest absolute Gasteiger partial charge is 0.344 e. The lowest BCUT2D eigenvalue weighted by Crippen LogP contribution is -2.81. The number of nitrogens with one attached hydrogen (secondary N) is 7. The van der Waals surface area contributed by atoms with Crippen molar-refractivity contribution in [2.24, 2.45) is 23.0 Å². The molecule has 8 heterocycles. The third-order valence-electron chi connectivity index (χ3n) is 26.6. The van der Waals surface area contributed by atoms with Gasteiger partial charge in [-0.15, -0.1) is 0 Å². The van der Waals surface area contributed by atoms with Gasteiger partial charge in [0, 0.05) is 117 Å². The highest BCUT2D eigenvalue weighted by molar-refractivity contribution is 6.00. The standard InChI is InChI=1S/C81H113N13O23/c1-8-77(112)34-44-35-80(75(110)115-6,63-48(24-29-91(36-44)42-77)47-19-13-14-20-51(47)83-63)50-32-49-58(33-60(50)114-5)90(4)73-79(49)26-30-92-27-16-25-78(9-2,72(79)92)74(81(73,113)76(111)116-7)117-71(109)57-21-15-28-93(57)70(108)56(41-98)88-66(104)53(38-95)85-64(102)52(22-23-61(82)101)84-69(107)62(45-17-11-10-12-18-45)89-67(105)55(40-97)86-65(103)54(39-96)87-68(106)59-31-46(100)37-94(59)43(3)99/h13-14,16,19-20,25,32-33,44-46,52-57,59,62,72-74,83,95-98,100,112-113H,8-12,15,17-18,21-24,26-31,34-42H2,1-7H3,(H2,82,101)(H,84,107)(H,85,102)(H,86,103)(H,87,106)(H,88,104)(H,89,105)/t44-,46+,52-,53-,54-,55-,56-,57-,59-,62-,72?,73?,74+,77-,78+,79?,80-,81-/m0/s1. The van der Waals surface area contributed by atoms with E-state index in [0.29, 0.717) is 112 Å². The van der Waals surface area contributed by atoms with Crippen molar-refractivity contribution < 1.29 is 112 Å². The number of piperidine rings is 1. The summed E-state index contributed by atoms with van der Waals surface area (Å²) in [7, 11) is 5.72. The Morgan fingerprint density at radius 3 is 1.96 bits per heavy atom. The van der Waals surface area contributed by atoms with Crippen LogP contribution in [0.2, 0.25) is 0 Å². The van der Waals surface area contributed by atoms with Gasteiger partial charge in [-0.1, -0.05) is 63.5 Å². The summed E-state index contributed by atoms with van der Waals surface area (Å²) in [5.41, 5.74) is 1.42. The first-order chi connectivity index (χ1) is 55.8. The molecule has 2 bridgehead atoms. The van der Waals surface area contributed by atoms with Crippen LogP contribution in [0, 0.1) is 17.3 Å². The van der Waals surface area contributed by atoms with Crippen molar-refractivity contribution in [2.75, 3.05) is 106 Å². The fraction of sp³-hybridized carbons (Fsp3) is 0.654. The summed E-state index contributed by atoms with van der Waals surface area (Å²) in [5, 5.41) is 94.1. The van der Waals surface area contributed by atoms with Gasteiger partial charge in [-0.25, -0.2) is 9.59 Å². The van der Waals surface area contributed by atoms with E-state index in [4.69, 9.17) is 24.7 Å². The lowest BCUT2D eigenvalue weighted by molar-refractivity contribution is -0.231. The minimum Gasteiger partial charge on any atom is -0.496 e. The number of nitrogens with two attached hydrogens (primary N) is 1. The monoisotopic (exact) mass is 1640 g/mol. The zero-order valence-electron chi connectivity index (χ0n) is 67.3. The molecule has 2 aromatic carbocycles. The number of aromatic amines is 1. The molecule has 16 N–H and O–H groups in total. The first-order valence-electron chi connectivity index (χ1n) is 40.7. The summed E-state index contributed by atoms with van der Waals surface area (Å²) >= 11 is 0. The van der Waals surface area contributed by atoms with Crippen LogP contribution >= 0.6 is 0 Å². The summed E-state index contributed by atoms with van der Waals surface area (Å²) < 4.78 is 24.9. The number of hydrogen-bond acceptors (Lipinski definition) is 26. The maximum absolute atomic E-state index is 15.8. The van der Waals surface area contributed by atoms with Gasteiger partial charge in [0.2, 0.25) is 58.8 Å². The summed E-state index contributed by atoms with van der Waals surface area (Å²) in [6.07, 6.45) is 4.66. The number of likely N-dealkylation sites (tertiary alicyclic amines) is 2. The highest BCUT2D eigenvalue weighted by Gasteiger charge is 2.81. The van der Waals surface area contributed by atoms with Gasteiger partial charge in [0.15, 0.2) is 6.10 Å². The molecule has 0 radical (unpaired) electrons. The van der Waals surface area contributed by atoms with Crippen molar-refractivity contribution in [2.45, 2.75) is 218 Å². The third-order valence-corrected chi connectivity index (χ3v) is 26.6. The van der Waals surface area contributed by atoms with E-state index < -0.39 is 216 Å². The molecule has 2 aliphatic carbocycles. The topological polar surface area (TPSA) is 514 Å². The molecule has 2 saturated carbocycles. The highest BCUT2D eigenvalue weighted by Crippen LogP contribution is 2.68. The fourth-order valence-electron chi connectivity index (χ4n) is 21.2. The maximum Gasteiger partial charge on any atom is 0.344 e. The zero-order valence-corrected chi connectivity index (χ0v) is 67.3. The second-order valence-electron chi connectivity index (χ2n) is 33.2. The Kier molecular flexibility index (Phi) is 26.2. The molecular weight excluding hydrogens is 1520 g/mol. The van der Waals surface area contributed by atoms with Crippen LogP contribution in [0.1, 0.15) is 139 Å². The first kappa shape index (κ1) is 86.9. The predicted molar refractivity (Wildman–Crippen MR) is 416 cm³/mol. The van der Waals surface area contributed by atoms with E-state index in [9.17, 15) is 78.9 Å². The zero-order chi connectivity index (χ0) is 84.5. The van der Waals surface area contributed by atoms with Crippen molar-refractivity contribution in [3.05, 3.63) is 70.9 Å². The molecule has 4 saturated heterocycles. The Morgan fingerprint density at radius 2 is 1.32 bits per heavy atom. The van der Waals surface area contributed by atoms with Crippen LogP contribution in [0.4, 0.5) is 5.69 Å². The minimum absolute atomic E-state index is 0.0379. The second-order valence-corrected chi connectivity index (χ2v) is 33.2. The van der Waals surface area contributed by atoms with E-state index >= 15 is 14.4 Å². The van der Waals surface area contributed by atoms with Crippen LogP contribution in [-0.2, 0) is 89.0 Å². The highest BCUT2D eigenvalue weighted by atomic mass is 16.6. The van der Waals surface area contributed by atoms with E-state index in [1.54, 1.807) is 11.9 Å². The minimum atomic E-state index is -2.74. The number of H-pyrrole nitrogens is 1. The van der Waals surface area contributed by atoms with E-state index in [2.05, 4.69) is 46.7 Å². The molecule has 36 heteroatoms. The Bertz CT molecular complexity index is 4350. The molecule has 12 rings (SSSR count). The van der Waals surface area contributed by atoms with Gasteiger partial charge in [0.25, 0.3) is 0 Å². The van der Waals surface area contributed by atoms with Crippen LogP contribution in [0.3, 0.4) is 0 Å². The molecule has 3 aromatic rings. The fourth-order valence-corrected chi connectivity index (χ4v) is 21.2. The number of fused-ring (bicyclic) bond motifs is 6. The van der Waals surface area contributed by atoms with Gasteiger partial charge in [-0.05, 0) is 112 Å². The number of β-amino-alcohol motifs (C(OH)–C–C–N with tert-alkyl or cyclic N) is 1. The van der Waals surface area contributed by atoms with Crippen molar-refractivity contribution in [3.63, 3.8) is 0 Å².